The van der Waals surface area contributed by atoms with Crippen molar-refractivity contribution in [2.24, 2.45) is 0 Å². The molecular weight excluding hydrogens is 989 g/mol. The average Bonchev–Trinajstić information content (AvgIpc) is 3.95. The van der Waals surface area contributed by atoms with Crippen molar-refractivity contribution in [2.75, 3.05) is 19.4 Å². The van der Waals surface area contributed by atoms with Gasteiger partial charge in [-0.05, 0) is 57.4 Å². The molecule has 3 aliphatic heterocycles. The third-order valence-electron chi connectivity index (χ3n) is 12.4. The summed E-state index contributed by atoms with van der Waals surface area (Å²) in [7, 11) is 0. The molecule has 8 aromatic carbocycles. The van der Waals surface area contributed by atoms with Gasteiger partial charge in [0.2, 0.25) is 5.88 Å². The van der Waals surface area contributed by atoms with Crippen LogP contribution in [-0.2, 0) is 26.5 Å². The van der Waals surface area contributed by atoms with Crippen LogP contribution >= 0.6 is 0 Å². The molecule has 322 valence electrons. The molecule has 0 N–H and O–H groups in total. The molecular formula is C58H43BN5OPt-3. The van der Waals surface area contributed by atoms with Gasteiger partial charge in [-0.3, -0.25) is 0 Å². The summed E-state index contributed by atoms with van der Waals surface area (Å²) < 4.78 is 50.5. The maximum absolute atomic E-state index is 9.11. The summed E-state index contributed by atoms with van der Waals surface area (Å²) in [6.45, 7) is 8.28. The minimum absolute atomic E-state index is 0. The Hall–Kier alpha value is -7.34. The van der Waals surface area contributed by atoms with Crippen molar-refractivity contribution >= 4 is 58.1 Å². The van der Waals surface area contributed by atoms with Crippen LogP contribution in [0.25, 0.3) is 33.4 Å². The molecule has 1 aromatic heterocycles. The molecule has 0 fully saturated rings. The predicted molar refractivity (Wildman–Crippen MR) is 267 cm³/mol. The number of nitrogens with zero attached hydrogens (tertiary/aromatic N) is 5. The van der Waals surface area contributed by atoms with Crippen molar-refractivity contribution in [1.29, 1.82) is 0 Å². The molecule has 8 heteroatoms. The van der Waals surface area contributed by atoms with Gasteiger partial charge in [0, 0.05) is 72.3 Å². The first kappa shape index (κ1) is 35.9. The van der Waals surface area contributed by atoms with E-state index < -0.39 is 18.1 Å². The first-order valence-corrected chi connectivity index (χ1v) is 21.7. The maximum atomic E-state index is 9.11. The van der Waals surface area contributed by atoms with Crippen LogP contribution in [0.5, 0.6) is 11.6 Å². The molecule has 0 saturated heterocycles. The Balaban J connectivity index is 0.00000547. The van der Waals surface area contributed by atoms with Crippen molar-refractivity contribution in [2.45, 2.75) is 26.2 Å². The predicted octanol–water partition coefficient (Wildman–Crippen LogP) is 14.2. The molecule has 0 spiro atoms. The fraction of sp³-hybridized carbons (Fsp3) is 0.0690. The standard InChI is InChI=1S/C58H43BN5O.Pt/c1-58(2,3)42-22-15-21-41(37-42)46-28-17-27-45(40-19-5-4-6-20-40)57(46)62-39-61(51-31-11-12-32-52(51)62)43-23-16-24-44(38-43)65-56-36-18-35-55(60-56)64-54-34-14-13-33-53(54)63-50-30-10-8-26-48(50)47-25-7-9-29-49(47)59(63)64;/h4-33,35-37,39H,1-3H3;/q-3;/i4D,5D,6D,19D,20D;. The molecule has 0 bridgehead atoms. The normalized spacial score (nSPS) is 14.4. The summed E-state index contributed by atoms with van der Waals surface area (Å²) in [5.41, 5.74) is 13.0. The largest absolute Gasteiger partial charge is 0.493 e. The Morgan fingerprint density at radius 1 is 0.606 bits per heavy atom. The number of rotatable bonds is 7. The first-order chi connectivity index (χ1) is 34.0. The molecule has 0 unspecified atom stereocenters. The van der Waals surface area contributed by atoms with Crippen LogP contribution in [0.1, 0.15) is 33.2 Å². The Bertz CT molecular complexity index is 3560. The van der Waals surface area contributed by atoms with Crippen molar-refractivity contribution in [3.8, 4) is 45.0 Å². The summed E-state index contributed by atoms with van der Waals surface area (Å²) in [5.74, 6) is 1.56. The summed E-state index contributed by atoms with van der Waals surface area (Å²) in [5, 5.41) is 0. The molecule has 0 radical (unpaired) electrons. The van der Waals surface area contributed by atoms with E-state index in [0.29, 0.717) is 34.4 Å². The van der Waals surface area contributed by atoms with Gasteiger partial charge in [-0.2, -0.15) is 29.2 Å². The number of pyridine rings is 1. The number of para-hydroxylation sites is 5. The number of anilines is 8. The van der Waals surface area contributed by atoms with E-state index in [4.69, 9.17) is 16.6 Å². The minimum atomic E-state index is -0.439. The molecule has 0 saturated carbocycles. The molecule has 0 aliphatic carbocycles. The second-order valence-corrected chi connectivity index (χ2v) is 17.3. The van der Waals surface area contributed by atoms with Crippen LogP contribution in [0.2, 0.25) is 0 Å². The summed E-state index contributed by atoms with van der Waals surface area (Å²) in [4.78, 5) is 13.8. The van der Waals surface area contributed by atoms with Crippen molar-refractivity contribution in [1.82, 2.24) is 4.98 Å². The van der Waals surface area contributed by atoms with Crippen LogP contribution in [0, 0.1) is 18.8 Å². The third-order valence-corrected chi connectivity index (χ3v) is 12.4. The van der Waals surface area contributed by atoms with E-state index in [1.54, 1.807) is 0 Å². The van der Waals surface area contributed by atoms with Gasteiger partial charge < -0.3 is 24.2 Å². The molecule has 12 rings (SSSR count). The third kappa shape index (κ3) is 6.97. The van der Waals surface area contributed by atoms with Gasteiger partial charge in [0.25, 0.3) is 0 Å². The van der Waals surface area contributed by atoms with E-state index >= 15 is 0 Å². The zero-order chi connectivity index (χ0) is 48.0. The fourth-order valence-corrected chi connectivity index (χ4v) is 9.44. The average molecular weight is 1040 g/mol. The van der Waals surface area contributed by atoms with Crippen LogP contribution in [0.3, 0.4) is 0 Å². The first-order valence-electron chi connectivity index (χ1n) is 24.2. The summed E-state index contributed by atoms with van der Waals surface area (Å²) in [6, 6.07) is 62.2. The van der Waals surface area contributed by atoms with Crippen LogP contribution in [-0.4, -0.2) is 12.0 Å². The van der Waals surface area contributed by atoms with Gasteiger partial charge in [0.15, 0.2) is 0 Å². The minimum Gasteiger partial charge on any atom is -0.493 e. The Kier molecular flexibility index (Phi) is 9.03. The molecule has 0 atom stereocenters. The number of hydrogen-bond donors (Lipinski definition) is 0. The molecule has 4 heterocycles. The van der Waals surface area contributed by atoms with Crippen molar-refractivity contribution < 1.29 is 32.7 Å². The van der Waals surface area contributed by atoms with E-state index in [2.05, 4.69) is 115 Å². The Morgan fingerprint density at radius 2 is 1.27 bits per heavy atom. The van der Waals surface area contributed by atoms with Gasteiger partial charge >= 0.3 is 6.98 Å². The molecule has 3 aliphatic rings. The summed E-state index contributed by atoms with van der Waals surface area (Å²) >= 11 is 0. The molecule has 0 amide bonds. The summed E-state index contributed by atoms with van der Waals surface area (Å²) in [6.07, 6.45) is 0. The molecule has 6 nitrogen and oxygen atoms in total. The van der Waals surface area contributed by atoms with E-state index in [1.807, 2.05) is 114 Å². The SMILES string of the molecule is [2H]c1c([2H])c([2H])c(-c2cccc(-c3cccc(C(C)(C)C)c3)c2N2[CH-]N(c3[c-]c(Oc4cccc(N5B6c7ccccc7-c7ccccc7N6c6ccc[c-]c65)n4)ccc3)c3ccccc32)c([2H])c1[2H].[Pt]. The van der Waals surface area contributed by atoms with Crippen molar-refractivity contribution in [3.05, 3.63) is 224 Å². The van der Waals surface area contributed by atoms with Crippen LogP contribution in [0.4, 0.5) is 45.6 Å². The van der Waals surface area contributed by atoms with E-state index in [1.165, 1.54) is 11.1 Å². The Morgan fingerprint density at radius 3 is 2.09 bits per heavy atom. The molecule has 66 heavy (non-hydrogen) atoms. The number of ether oxygens (including phenoxy) is 1. The van der Waals surface area contributed by atoms with Gasteiger partial charge in [0.05, 0.1) is 6.85 Å². The second-order valence-electron chi connectivity index (χ2n) is 17.3. The monoisotopic (exact) mass is 1040 g/mol. The number of benzene rings is 8. The van der Waals surface area contributed by atoms with E-state index in [9.17, 15) is 0 Å². The number of hydrogen-bond acceptors (Lipinski definition) is 6. The smallest absolute Gasteiger partial charge is 0.409 e. The van der Waals surface area contributed by atoms with Crippen molar-refractivity contribution in [3.63, 3.8) is 0 Å². The topological polar surface area (TPSA) is 35.1 Å². The zero-order valence-electron chi connectivity index (χ0n) is 41.3. The van der Waals surface area contributed by atoms with Crippen LogP contribution in [0.15, 0.2) is 200 Å². The van der Waals surface area contributed by atoms with Gasteiger partial charge in [-0.25, -0.2) is 0 Å². The molecule has 9 aromatic rings. The van der Waals surface area contributed by atoms with Gasteiger partial charge in [-0.15, -0.1) is 36.6 Å². The number of fused-ring (bicyclic) bond motifs is 9. The maximum Gasteiger partial charge on any atom is 0.409 e. The quantitative estimate of drug-likeness (QED) is 0.117. The van der Waals surface area contributed by atoms with E-state index in [-0.39, 0.29) is 51.1 Å². The fourth-order valence-electron chi connectivity index (χ4n) is 9.44. The second kappa shape index (κ2) is 16.6. The van der Waals surface area contributed by atoms with Gasteiger partial charge in [-0.1, -0.05) is 165 Å². The Labute approximate surface area is 408 Å². The van der Waals surface area contributed by atoms with Crippen LogP contribution < -0.4 is 29.6 Å². The number of aromatic nitrogens is 1. The van der Waals surface area contributed by atoms with Gasteiger partial charge in [0.1, 0.15) is 5.82 Å². The zero-order valence-corrected chi connectivity index (χ0v) is 38.6. The van der Waals surface area contributed by atoms with E-state index in [0.717, 1.165) is 50.6 Å².